The number of rotatable bonds is 5. The molecule has 2 aromatic carbocycles. The van der Waals surface area contributed by atoms with Crippen molar-refractivity contribution >= 4 is 11.8 Å². The Balaban J connectivity index is 1.36. The smallest absolute Gasteiger partial charge is 0.277 e. The maximum atomic E-state index is 5.81. The number of benzene rings is 2. The molecule has 140 valence electrons. The van der Waals surface area contributed by atoms with Crippen LogP contribution in [0.5, 0.6) is 11.5 Å². The highest BCUT2D eigenvalue weighted by Gasteiger charge is 2.21. The van der Waals surface area contributed by atoms with Crippen molar-refractivity contribution in [3.8, 4) is 28.6 Å². The van der Waals surface area contributed by atoms with Crippen LogP contribution >= 0.6 is 11.8 Å². The maximum Gasteiger partial charge on any atom is 0.277 e. The summed E-state index contributed by atoms with van der Waals surface area (Å²) in [6, 6.07) is 15.2. The molecule has 4 aromatic rings. The molecule has 2 aromatic heterocycles. The number of hydrogen-bond donors (Lipinski definition) is 0. The van der Waals surface area contributed by atoms with Gasteiger partial charge < -0.3 is 13.9 Å². The normalized spacial score (nSPS) is 13.6. The van der Waals surface area contributed by atoms with E-state index in [1.807, 2.05) is 55.5 Å². The van der Waals surface area contributed by atoms with E-state index in [1.54, 1.807) is 4.68 Å². The Labute approximate surface area is 163 Å². The fraction of sp³-hybridized carbons (Fsp3) is 0.167. The highest BCUT2D eigenvalue weighted by atomic mass is 32.2. The second-order valence-corrected chi connectivity index (χ2v) is 7.28. The van der Waals surface area contributed by atoms with Gasteiger partial charge in [0.25, 0.3) is 5.22 Å². The molecule has 0 saturated heterocycles. The van der Waals surface area contributed by atoms with Gasteiger partial charge in [-0.1, -0.05) is 30.0 Å². The first kappa shape index (κ1) is 16.8. The number of hydrogen-bond acceptors (Lipinski definition) is 9. The molecule has 1 unspecified atom stereocenters. The summed E-state index contributed by atoms with van der Waals surface area (Å²) in [5.41, 5.74) is 1.66. The molecule has 1 aliphatic rings. The topological polar surface area (TPSA) is 101 Å². The largest absolute Gasteiger partial charge is 0.454 e. The van der Waals surface area contributed by atoms with Gasteiger partial charge in [-0.3, -0.25) is 0 Å². The van der Waals surface area contributed by atoms with Crippen LogP contribution in [0.15, 0.2) is 58.2 Å². The predicted molar refractivity (Wildman–Crippen MR) is 99.3 cm³/mol. The van der Waals surface area contributed by atoms with E-state index in [-0.39, 0.29) is 12.0 Å². The van der Waals surface area contributed by atoms with Crippen molar-refractivity contribution in [3.63, 3.8) is 0 Å². The molecule has 0 amide bonds. The predicted octanol–water partition coefficient (Wildman–Crippen LogP) is 3.29. The summed E-state index contributed by atoms with van der Waals surface area (Å²) in [5, 5.41) is 20.6. The van der Waals surface area contributed by atoms with E-state index in [2.05, 4.69) is 25.7 Å². The van der Waals surface area contributed by atoms with Crippen molar-refractivity contribution in [2.75, 3.05) is 6.79 Å². The Morgan fingerprint density at radius 2 is 1.86 bits per heavy atom. The Bertz CT molecular complexity index is 1110. The molecular weight excluding hydrogens is 380 g/mol. The van der Waals surface area contributed by atoms with Crippen LogP contribution in [-0.2, 0) is 0 Å². The van der Waals surface area contributed by atoms with Crippen LogP contribution in [0, 0.1) is 0 Å². The minimum absolute atomic E-state index is 0.0970. The Kier molecular flexibility index (Phi) is 4.17. The first-order chi connectivity index (χ1) is 13.8. The van der Waals surface area contributed by atoms with Crippen LogP contribution in [0.1, 0.15) is 18.0 Å². The van der Waals surface area contributed by atoms with Crippen LogP contribution in [0.3, 0.4) is 0 Å². The van der Waals surface area contributed by atoms with E-state index in [1.165, 1.54) is 11.8 Å². The van der Waals surface area contributed by atoms with Crippen molar-refractivity contribution < 1.29 is 13.9 Å². The number of para-hydroxylation sites is 1. The van der Waals surface area contributed by atoms with Crippen LogP contribution < -0.4 is 9.47 Å². The lowest BCUT2D eigenvalue weighted by Gasteiger charge is -2.08. The van der Waals surface area contributed by atoms with E-state index in [0.29, 0.717) is 28.4 Å². The molecular formula is C18H14N6O3S. The van der Waals surface area contributed by atoms with E-state index < -0.39 is 0 Å². The Hall–Kier alpha value is -3.40. The van der Waals surface area contributed by atoms with Gasteiger partial charge in [0, 0.05) is 5.56 Å². The first-order valence-electron chi connectivity index (χ1n) is 8.52. The third-order valence-corrected chi connectivity index (χ3v) is 5.09. The van der Waals surface area contributed by atoms with E-state index in [9.17, 15) is 0 Å². The summed E-state index contributed by atoms with van der Waals surface area (Å²) in [4.78, 5) is 0. The molecule has 5 rings (SSSR count). The standard InChI is InChI=1S/C18H14N6O3S/c1-11(16-19-22-23-24(16)13-5-3-2-4-6-13)28-18-21-20-17(27-18)12-7-8-14-15(9-12)26-10-25-14/h2-9,11H,10H2,1H3. The van der Waals surface area contributed by atoms with Gasteiger partial charge in [-0.05, 0) is 47.7 Å². The zero-order valence-electron chi connectivity index (χ0n) is 14.7. The lowest BCUT2D eigenvalue weighted by Crippen LogP contribution is -2.04. The monoisotopic (exact) mass is 394 g/mol. The zero-order valence-corrected chi connectivity index (χ0v) is 15.5. The Morgan fingerprint density at radius 3 is 2.75 bits per heavy atom. The van der Waals surface area contributed by atoms with E-state index >= 15 is 0 Å². The molecule has 0 bridgehead atoms. The molecule has 0 aliphatic carbocycles. The van der Waals surface area contributed by atoms with Crippen molar-refractivity contribution in [1.82, 2.24) is 30.4 Å². The first-order valence-corrected chi connectivity index (χ1v) is 9.40. The SMILES string of the molecule is CC(Sc1nnc(-c2ccc3c(c2)OCO3)o1)c1nnnn1-c1ccccc1. The van der Waals surface area contributed by atoms with Gasteiger partial charge in [0.2, 0.25) is 12.7 Å². The average molecular weight is 394 g/mol. The molecule has 1 aliphatic heterocycles. The molecule has 0 saturated carbocycles. The minimum Gasteiger partial charge on any atom is -0.454 e. The van der Waals surface area contributed by atoms with E-state index in [0.717, 1.165) is 11.3 Å². The number of ether oxygens (including phenoxy) is 2. The molecule has 0 radical (unpaired) electrons. The van der Waals surface area contributed by atoms with Crippen LogP contribution in [0.4, 0.5) is 0 Å². The number of thioether (sulfide) groups is 1. The fourth-order valence-corrected chi connectivity index (χ4v) is 3.58. The van der Waals surface area contributed by atoms with Crippen molar-refractivity contribution in [2.24, 2.45) is 0 Å². The average Bonchev–Trinajstić information content (AvgIpc) is 3.48. The lowest BCUT2D eigenvalue weighted by molar-refractivity contribution is 0.174. The summed E-state index contributed by atoms with van der Waals surface area (Å²) >= 11 is 1.39. The van der Waals surface area contributed by atoms with Gasteiger partial charge in [0.1, 0.15) is 0 Å². The number of fused-ring (bicyclic) bond motifs is 1. The molecule has 9 nitrogen and oxygen atoms in total. The summed E-state index contributed by atoms with van der Waals surface area (Å²) in [6.45, 7) is 2.21. The fourth-order valence-electron chi connectivity index (χ4n) is 2.81. The summed E-state index contributed by atoms with van der Waals surface area (Å²) in [5.74, 6) is 2.48. The molecule has 1 atom stereocenters. The number of nitrogens with zero attached hydrogens (tertiary/aromatic N) is 6. The minimum atomic E-state index is -0.0970. The van der Waals surface area contributed by atoms with Crippen LogP contribution in [-0.4, -0.2) is 37.2 Å². The molecule has 0 spiro atoms. The van der Waals surface area contributed by atoms with Gasteiger partial charge in [-0.25, -0.2) is 0 Å². The molecule has 28 heavy (non-hydrogen) atoms. The van der Waals surface area contributed by atoms with Crippen LogP contribution in [0.2, 0.25) is 0 Å². The Morgan fingerprint density at radius 1 is 1.00 bits per heavy atom. The van der Waals surface area contributed by atoms with Crippen molar-refractivity contribution in [2.45, 2.75) is 17.4 Å². The van der Waals surface area contributed by atoms with Gasteiger partial charge >= 0.3 is 0 Å². The van der Waals surface area contributed by atoms with Gasteiger partial charge in [0.05, 0.1) is 10.9 Å². The molecule has 3 heterocycles. The highest BCUT2D eigenvalue weighted by molar-refractivity contribution is 7.99. The zero-order chi connectivity index (χ0) is 18.9. The quantitative estimate of drug-likeness (QED) is 0.472. The van der Waals surface area contributed by atoms with Crippen molar-refractivity contribution in [3.05, 3.63) is 54.4 Å². The third kappa shape index (κ3) is 3.07. The summed E-state index contributed by atoms with van der Waals surface area (Å²) in [6.07, 6.45) is 0. The van der Waals surface area contributed by atoms with Gasteiger partial charge in [0.15, 0.2) is 17.3 Å². The summed E-state index contributed by atoms with van der Waals surface area (Å²) in [7, 11) is 0. The molecule has 10 heteroatoms. The van der Waals surface area contributed by atoms with Gasteiger partial charge in [-0.2, -0.15) is 4.68 Å². The third-order valence-electron chi connectivity index (χ3n) is 4.16. The maximum absolute atomic E-state index is 5.81. The van der Waals surface area contributed by atoms with Crippen molar-refractivity contribution in [1.29, 1.82) is 0 Å². The van der Waals surface area contributed by atoms with Gasteiger partial charge in [-0.15, -0.1) is 15.3 Å². The number of tetrazole rings is 1. The second-order valence-electron chi connectivity index (χ2n) is 5.99. The van der Waals surface area contributed by atoms with Crippen LogP contribution in [0.25, 0.3) is 17.1 Å². The highest BCUT2D eigenvalue weighted by Crippen LogP contribution is 2.38. The van der Waals surface area contributed by atoms with E-state index in [4.69, 9.17) is 13.9 Å². The number of aromatic nitrogens is 6. The lowest BCUT2D eigenvalue weighted by atomic mass is 10.2. The molecule has 0 fully saturated rings. The molecule has 0 N–H and O–H groups in total. The second kappa shape index (κ2) is 6.97. The summed E-state index contributed by atoms with van der Waals surface area (Å²) < 4.78 is 18.2.